The van der Waals surface area contributed by atoms with E-state index in [1.807, 2.05) is 18.7 Å². The molecule has 1 N–H and O–H groups in total. The highest BCUT2D eigenvalue weighted by atomic mass is 35.5. The molecular formula is C14H20ClN5. The molecular weight excluding hydrogens is 274 g/mol. The van der Waals surface area contributed by atoms with Gasteiger partial charge in [0.1, 0.15) is 0 Å². The van der Waals surface area contributed by atoms with Gasteiger partial charge in [-0.05, 0) is 33.4 Å². The van der Waals surface area contributed by atoms with Gasteiger partial charge in [0.2, 0.25) is 0 Å². The second-order valence-electron chi connectivity index (χ2n) is 4.66. The van der Waals surface area contributed by atoms with Crippen molar-refractivity contribution in [3.8, 4) is 0 Å². The Labute approximate surface area is 124 Å². The van der Waals surface area contributed by atoms with Gasteiger partial charge in [-0.15, -0.1) is 0 Å². The number of aryl methyl sites for hydroxylation is 3. The maximum Gasteiger partial charge on any atom is 0.0837 e. The average Bonchev–Trinajstić information content (AvgIpc) is 2.82. The number of rotatable bonds is 5. The molecule has 0 amide bonds. The van der Waals surface area contributed by atoms with Crippen LogP contribution in [0.1, 0.15) is 42.5 Å². The molecule has 20 heavy (non-hydrogen) atoms. The van der Waals surface area contributed by atoms with Crippen LogP contribution in [-0.2, 0) is 13.0 Å². The van der Waals surface area contributed by atoms with E-state index in [1.54, 1.807) is 6.20 Å². The molecule has 0 aliphatic carbocycles. The Hall–Kier alpha value is -1.46. The van der Waals surface area contributed by atoms with E-state index in [-0.39, 0.29) is 6.04 Å². The highest BCUT2D eigenvalue weighted by molar-refractivity contribution is 6.31. The number of nitrogens with one attached hydrogen (secondary N) is 1. The number of aromatic nitrogens is 4. The summed E-state index contributed by atoms with van der Waals surface area (Å²) in [6.45, 7) is 6.85. The molecule has 2 aromatic heterocycles. The lowest BCUT2D eigenvalue weighted by molar-refractivity contribution is 0.557. The monoisotopic (exact) mass is 293 g/mol. The molecule has 0 saturated carbocycles. The van der Waals surface area contributed by atoms with Crippen LogP contribution in [0.3, 0.4) is 0 Å². The van der Waals surface area contributed by atoms with E-state index in [2.05, 4.69) is 40.5 Å². The summed E-state index contributed by atoms with van der Waals surface area (Å²) >= 11 is 6.32. The van der Waals surface area contributed by atoms with Gasteiger partial charge in [-0.1, -0.05) is 18.5 Å². The summed E-state index contributed by atoms with van der Waals surface area (Å²) in [5.41, 5.74) is 3.96. The SMILES string of the molecule is CCc1nnc(C)cc1C(NC)c1c(Cl)cnn1CC. The normalized spacial score (nSPS) is 12.7. The van der Waals surface area contributed by atoms with Crippen LogP contribution in [-0.4, -0.2) is 27.0 Å². The van der Waals surface area contributed by atoms with Crippen molar-refractivity contribution in [3.63, 3.8) is 0 Å². The summed E-state index contributed by atoms with van der Waals surface area (Å²) < 4.78 is 1.92. The Bertz CT molecular complexity index is 593. The predicted octanol–water partition coefficient (Wildman–Crippen LogP) is 2.53. The largest absolute Gasteiger partial charge is 0.308 e. The van der Waals surface area contributed by atoms with E-state index in [1.165, 1.54) is 0 Å². The zero-order chi connectivity index (χ0) is 14.7. The topological polar surface area (TPSA) is 55.6 Å². The third-order valence-electron chi connectivity index (χ3n) is 3.37. The first kappa shape index (κ1) is 14.9. The van der Waals surface area contributed by atoms with Gasteiger partial charge >= 0.3 is 0 Å². The standard InChI is InChI=1S/C14H20ClN5/c1-5-12-10(7-9(3)18-19-12)13(16-4)14-11(15)8-17-20(14)6-2/h7-8,13,16H,5-6H2,1-4H3. The van der Waals surface area contributed by atoms with E-state index in [4.69, 9.17) is 11.6 Å². The summed E-state index contributed by atoms with van der Waals surface area (Å²) in [5, 5.41) is 16.7. The lowest BCUT2D eigenvalue weighted by atomic mass is 10.0. The summed E-state index contributed by atoms with van der Waals surface area (Å²) in [4.78, 5) is 0. The van der Waals surface area contributed by atoms with Crippen LogP contribution in [0.25, 0.3) is 0 Å². The minimum Gasteiger partial charge on any atom is -0.308 e. The summed E-state index contributed by atoms with van der Waals surface area (Å²) in [5.74, 6) is 0. The number of nitrogens with zero attached hydrogens (tertiary/aromatic N) is 4. The molecule has 2 heterocycles. The number of hydrogen-bond donors (Lipinski definition) is 1. The smallest absolute Gasteiger partial charge is 0.0837 e. The van der Waals surface area contributed by atoms with E-state index < -0.39 is 0 Å². The number of halogens is 1. The van der Waals surface area contributed by atoms with Gasteiger partial charge in [-0.3, -0.25) is 4.68 Å². The van der Waals surface area contributed by atoms with Gasteiger partial charge in [-0.2, -0.15) is 15.3 Å². The Morgan fingerprint density at radius 3 is 2.70 bits per heavy atom. The Balaban J connectivity index is 2.57. The van der Waals surface area contributed by atoms with E-state index in [9.17, 15) is 0 Å². The Morgan fingerprint density at radius 2 is 2.10 bits per heavy atom. The van der Waals surface area contributed by atoms with Gasteiger partial charge in [0.25, 0.3) is 0 Å². The predicted molar refractivity (Wildman–Crippen MR) is 80.0 cm³/mol. The van der Waals surface area contributed by atoms with Crippen molar-refractivity contribution in [2.24, 2.45) is 0 Å². The Morgan fingerprint density at radius 1 is 1.35 bits per heavy atom. The van der Waals surface area contributed by atoms with E-state index in [0.717, 1.165) is 35.6 Å². The van der Waals surface area contributed by atoms with Crippen molar-refractivity contribution < 1.29 is 0 Å². The van der Waals surface area contributed by atoms with Gasteiger partial charge in [0.05, 0.1) is 34.3 Å². The fourth-order valence-electron chi connectivity index (χ4n) is 2.41. The molecule has 6 heteroatoms. The van der Waals surface area contributed by atoms with Crippen LogP contribution in [0.15, 0.2) is 12.3 Å². The molecule has 0 aliphatic heterocycles. The highest BCUT2D eigenvalue weighted by Gasteiger charge is 2.23. The first-order chi connectivity index (χ1) is 9.62. The minimum atomic E-state index is -0.0332. The summed E-state index contributed by atoms with van der Waals surface area (Å²) in [6, 6.07) is 2.03. The molecule has 0 spiro atoms. The van der Waals surface area contributed by atoms with Gasteiger partial charge < -0.3 is 5.32 Å². The highest BCUT2D eigenvalue weighted by Crippen LogP contribution is 2.29. The molecule has 0 aromatic carbocycles. The van der Waals surface area contributed by atoms with Crippen LogP contribution in [0.4, 0.5) is 0 Å². The maximum atomic E-state index is 6.32. The fraction of sp³-hybridized carbons (Fsp3) is 0.500. The van der Waals surface area contributed by atoms with Crippen molar-refractivity contribution in [2.75, 3.05) is 7.05 Å². The van der Waals surface area contributed by atoms with Crippen molar-refractivity contribution >= 4 is 11.6 Å². The molecule has 0 saturated heterocycles. The van der Waals surface area contributed by atoms with E-state index >= 15 is 0 Å². The minimum absolute atomic E-state index is 0.0332. The molecule has 1 unspecified atom stereocenters. The molecule has 1 atom stereocenters. The van der Waals surface area contributed by atoms with Crippen molar-refractivity contribution in [3.05, 3.63) is 39.9 Å². The third-order valence-corrected chi connectivity index (χ3v) is 3.66. The molecule has 108 valence electrons. The first-order valence-corrected chi connectivity index (χ1v) is 7.21. The molecule has 2 rings (SSSR count). The molecule has 0 fully saturated rings. The van der Waals surface area contributed by atoms with Crippen molar-refractivity contribution in [1.82, 2.24) is 25.3 Å². The maximum absolute atomic E-state index is 6.32. The van der Waals surface area contributed by atoms with Crippen LogP contribution in [0.2, 0.25) is 5.02 Å². The molecule has 5 nitrogen and oxygen atoms in total. The first-order valence-electron chi connectivity index (χ1n) is 6.83. The summed E-state index contributed by atoms with van der Waals surface area (Å²) in [6.07, 6.45) is 2.52. The zero-order valence-corrected chi connectivity index (χ0v) is 13.1. The second kappa shape index (κ2) is 6.33. The van der Waals surface area contributed by atoms with Crippen LogP contribution >= 0.6 is 11.6 Å². The van der Waals surface area contributed by atoms with Crippen LogP contribution in [0, 0.1) is 6.92 Å². The number of hydrogen-bond acceptors (Lipinski definition) is 4. The van der Waals surface area contributed by atoms with Gasteiger partial charge in [0, 0.05) is 12.1 Å². The van der Waals surface area contributed by atoms with Crippen LogP contribution < -0.4 is 5.32 Å². The van der Waals surface area contributed by atoms with Gasteiger partial charge in [0.15, 0.2) is 0 Å². The van der Waals surface area contributed by atoms with E-state index in [0.29, 0.717) is 5.02 Å². The average molecular weight is 294 g/mol. The second-order valence-corrected chi connectivity index (χ2v) is 5.06. The van der Waals surface area contributed by atoms with Crippen LogP contribution in [0.5, 0.6) is 0 Å². The molecule has 0 bridgehead atoms. The lowest BCUT2D eigenvalue weighted by Gasteiger charge is -2.20. The quantitative estimate of drug-likeness (QED) is 0.920. The third kappa shape index (κ3) is 2.69. The van der Waals surface area contributed by atoms with Gasteiger partial charge in [-0.25, -0.2) is 0 Å². The zero-order valence-electron chi connectivity index (χ0n) is 12.3. The molecule has 0 radical (unpaired) electrons. The summed E-state index contributed by atoms with van der Waals surface area (Å²) in [7, 11) is 1.92. The van der Waals surface area contributed by atoms with Crippen molar-refractivity contribution in [2.45, 2.75) is 39.8 Å². The fourth-order valence-corrected chi connectivity index (χ4v) is 2.66. The Kier molecular flexibility index (Phi) is 4.73. The van der Waals surface area contributed by atoms with Crippen molar-refractivity contribution in [1.29, 1.82) is 0 Å². The lowest BCUT2D eigenvalue weighted by Crippen LogP contribution is -2.24. The molecule has 2 aromatic rings. The molecule has 0 aliphatic rings.